The lowest BCUT2D eigenvalue weighted by molar-refractivity contribution is -0.136. The Hall–Kier alpha value is -1.07. The quantitative estimate of drug-likeness (QED) is 0.859. The molecule has 94 valence electrons. The van der Waals surface area contributed by atoms with Crippen molar-refractivity contribution in [2.75, 3.05) is 31.1 Å². The molecular weight excluding hydrogens is 234 g/mol. The molecule has 1 amide bonds. The number of carbonyl (C=O) groups is 1. The summed E-state index contributed by atoms with van der Waals surface area (Å²) in [7, 11) is 0. The van der Waals surface area contributed by atoms with Crippen molar-refractivity contribution in [1.29, 1.82) is 0 Å². The minimum absolute atomic E-state index is 0.0447. The van der Waals surface area contributed by atoms with Crippen molar-refractivity contribution in [3.8, 4) is 0 Å². The molecule has 0 unspecified atom stereocenters. The predicted molar refractivity (Wildman–Crippen MR) is 71.4 cm³/mol. The van der Waals surface area contributed by atoms with Crippen molar-refractivity contribution in [2.45, 2.75) is 19.4 Å². The first kappa shape index (κ1) is 12.4. The SMILES string of the molecule is CC(C)(N)C(=O)N1CCN(c2cccs2)CC1. The summed E-state index contributed by atoms with van der Waals surface area (Å²) in [5.41, 5.74) is 5.08. The van der Waals surface area contributed by atoms with Crippen molar-refractivity contribution in [1.82, 2.24) is 4.90 Å². The predicted octanol–water partition coefficient (Wildman–Crippen LogP) is 1.13. The lowest BCUT2D eigenvalue weighted by Crippen LogP contribution is -2.57. The molecule has 0 bridgehead atoms. The summed E-state index contributed by atoms with van der Waals surface area (Å²) in [6.07, 6.45) is 0. The molecule has 1 aromatic heterocycles. The Morgan fingerprint density at radius 3 is 2.47 bits per heavy atom. The van der Waals surface area contributed by atoms with Gasteiger partial charge in [0.1, 0.15) is 0 Å². The van der Waals surface area contributed by atoms with E-state index in [-0.39, 0.29) is 5.91 Å². The van der Waals surface area contributed by atoms with Crippen LogP contribution in [0.5, 0.6) is 0 Å². The van der Waals surface area contributed by atoms with Crippen LogP contribution < -0.4 is 10.6 Å². The Bertz CT molecular complexity index is 375. The fraction of sp³-hybridized carbons (Fsp3) is 0.583. The highest BCUT2D eigenvalue weighted by molar-refractivity contribution is 7.14. The van der Waals surface area contributed by atoms with Gasteiger partial charge in [0.25, 0.3) is 0 Å². The summed E-state index contributed by atoms with van der Waals surface area (Å²) >= 11 is 1.74. The van der Waals surface area contributed by atoms with Crippen LogP contribution in [-0.2, 0) is 4.79 Å². The third-order valence-corrected chi connectivity index (χ3v) is 3.86. The van der Waals surface area contributed by atoms with Crippen LogP contribution in [-0.4, -0.2) is 42.5 Å². The average Bonchev–Trinajstić information content (AvgIpc) is 2.80. The molecule has 1 fully saturated rings. The van der Waals surface area contributed by atoms with Crippen LogP contribution >= 0.6 is 11.3 Å². The van der Waals surface area contributed by atoms with E-state index in [0.29, 0.717) is 0 Å². The van der Waals surface area contributed by atoms with Gasteiger partial charge in [-0.1, -0.05) is 0 Å². The fourth-order valence-electron chi connectivity index (χ4n) is 1.99. The van der Waals surface area contributed by atoms with Crippen molar-refractivity contribution in [3.63, 3.8) is 0 Å². The van der Waals surface area contributed by atoms with Gasteiger partial charge < -0.3 is 15.5 Å². The van der Waals surface area contributed by atoms with Gasteiger partial charge >= 0.3 is 0 Å². The smallest absolute Gasteiger partial charge is 0.242 e. The van der Waals surface area contributed by atoms with E-state index in [0.717, 1.165) is 26.2 Å². The van der Waals surface area contributed by atoms with E-state index < -0.39 is 5.54 Å². The number of piperazine rings is 1. The maximum absolute atomic E-state index is 12.0. The van der Waals surface area contributed by atoms with E-state index in [1.807, 2.05) is 4.90 Å². The standard InChI is InChI=1S/C12H19N3OS/c1-12(2,13)11(16)15-7-5-14(6-8-15)10-4-3-9-17-10/h3-4,9H,5-8,13H2,1-2H3. The first-order valence-electron chi connectivity index (χ1n) is 5.85. The molecule has 1 aromatic rings. The number of carbonyl (C=O) groups excluding carboxylic acids is 1. The van der Waals surface area contributed by atoms with Crippen LogP contribution in [0.15, 0.2) is 17.5 Å². The van der Waals surface area contributed by atoms with Gasteiger partial charge in [-0.25, -0.2) is 0 Å². The molecule has 0 atom stereocenters. The van der Waals surface area contributed by atoms with Gasteiger partial charge in [-0.3, -0.25) is 4.79 Å². The second kappa shape index (κ2) is 4.66. The highest BCUT2D eigenvalue weighted by Crippen LogP contribution is 2.22. The molecule has 1 saturated heterocycles. The normalized spacial score (nSPS) is 17.4. The highest BCUT2D eigenvalue weighted by Gasteiger charge is 2.30. The van der Waals surface area contributed by atoms with Crippen LogP contribution in [0, 0.1) is 0 Å². The van der Waals surface area contributed by atoms with Crippen molar-refractivity contribution < 1.29 is 4.79 Å². The first-order chi connectivity index (χ1) is 7.98. The molecule has 2 heterocycles. The molecule has 0 spiro atoms. The zero-order valence-electron chi connectivity index (χ0n) is 10.3. The average molecular weight is 253 g/mol. The molecule has 0 aliphatic carbocycles. The molecule has 2 rings (SSSR count). The van der Waals surface area contributed by atoms with Crippen molar-refractivity contribution in [3.05, 3.63) is 17.5 Å². The number of thiophene rings is 1. The van der Waals surface area contributed by atoms with Crippen LogP contribution in [0.3, 0.4) is 0 Å². The summed E-state index contributed by atoms with van der Waals surface area (Å²) in [5.74, 6) is 0.0447. The molecule has 1 aliphatic heterocycles. The number of anilines is 1. The van der Waals surface area contributed by atoms with E-state index >= 15 is 0 Å². The van der Waals surface area contributed by atoms with E-state index in [2.05, 4.69) is 22.4 Å². The maximum atomic E-state index is 12.0. The van der Waals surface area contributed by atoms with Crippen molar-refractivity contribution in [2.24, 2.45) is 5.73 Å². The number of amides is 1. The highest BCUT2D eigenvalue weighted by atomic mass is 32.1. The Morgan fingerprint density at radius 2 is 2.00 bits per heavy atom. The van der Waals surface area contributed by atoms with Gasteiger partial charge in [0.05, 0.1) is 10.5 Å². The number of rotatable bonds is 2. The van der Waals surface area contributed by atoms with Gasteiger partial charge in [0.2, 0.25) is 5.91 Å². The topological polar surface area (TPSA) is 49.6 Å². The maximum Gasteiger partial charge on any atom is 0.242 e. The van der Waals surface area contributed by atoms with E-state index in [4.69, 9.17) is 5.73 Å². The monoisotopic (exact) mass is 253 g/mol. The Morgan fingerprint density at radius 1 is 1.35 bits per heavy atom. The van der Waals surface area contributed by atoms with Gasteiger partial charge in [0.15, 0.2) is 0 Å². The third-order valence-electron chi connectivity index (χ3n) is 2.94. The Balaban J connectivity index is 1.93. The van der Waals surface area contributed by atoms with Gasteiger partial charge in [-0.15, -0.1) is 11.3 Å². The second-order valence-electron chi connectivity index (χ2n) is 4.95. The molecule has 5 heteroatoms. The molecule has 2 N–H and O–H groups in total. The lowest BCUT2D eigenvalue weighted by Gasteiger charge is -2.37. The molecule has 0 radical (unpaired) electrons. The Kier molecular flexibility index (Phi) is 3.40. The van der Waals surface area contributed by atoms with E-state index in [1.165, 1.54) is 5.00 Å². The summed E-state index contributed by atoms with van der Waals surface area (Å²) in [6, 6.07) is 4.18. The summed E-state index contributed by atoms with van der Waals surface area (Å²) < 4.78 is 0. The summed E-state index contributed by atoms with van der Waals surface area (Å²) in [5, 5.41) is 3.36. The zero-order chi connectivity index (χ0) is 12.5. The van der Waals surface area contributed by atoms with E-state index in [1.54, 1.807) is 25.2 Å². The number of nitrogens with zero attached hydrogens (tertiary/aromatic N) is 2. The van der Waals surface area contributed by atoms with Crippen LogP contribution in [0.1, 0.15) is 13.8 Å². The summed E-state index contributed by atoms with van der Waals surface area (Å²) in [4.78, 5) is 16.2. The van der Waals surface area contributed by atoms with Crippen LogP contribution in [0.25, 0.3) is 0 Å². The molecule has 17 heavy (non-hydrogen) atoms. The number of hydrogen-bond acceptors (Lipinski definition) is 4. The summed E-state index contributed by atoms with van der Waals surface area (Å²) in [6.45, 7) is 6.83. The molecule has 0 aromatic carbocycles. The number of nitrogens with two attached hydrogens (primary N) is 1. The fourth-order valence-corrected chi connectivity index (χ4v) is 2.77. The van der Waals surface area contributed by atoms with Crippen LogP contribution in [0.2, 0.25) is 0 Å². The zero-order valence-corrected chi connectivity index (χ0v) is 11.2. The van der Waals surface area contributed by atoms with E-state index in [9.17, 15) is 4.79 Å². The van der Waals surface area contributed by atoms with Gasteiger partial charge in [-0.05, 0) is 31.4 Å². The minimum atomic E-state index is -0.759. The minimum Gasteiger partial charge on any atom is -0.360 e. The molecule has 1 aliphatic rings. The second-order valence-corrected chi connectivity index (χ2v) is 5.88. The molecular formula is C12H19N3OS. The molecule has 4 nitrogen and oxygen atoms in total. The molecule has 0 saturated carbocycles. The largest absolute Gasteiger partial charge is 0.360 e. The van der Waals surface area contributed by atoms with Gasteiger partial charge in [-0.2, -0.15) is 0 Å². The van der Waals surface area contributed by atoms with Crippen LogP contribution in [0.4, 0.5) is 5.00 Å². The first-order valence-corrected chi connectivity index (χ1v) is 6.73. The Labute approximate surface area is 106 Å². The number of hydrogen-bond donors (Lipinski definition) is 1. The van der Waals surface area contributed by atoms with Gasteiger partial charge in [0, 0.05) is 26.2 Å². The van der Waals surface area contributed by atoms with Crippen molar-refractivity contribution >= 4 is 22.2 Å². The lowest BCUT2D eigenvalue weighted by atomic mass is 10.1. The third kappa shape index (κ3) is 2.79.